The Morgan fingerprint density at radius 3 is 2.16 bits per heavy atom. The second kappa shape index (κ2) is 6.09. The van der Waals surface area contributed by atoms with E-state index in [2.05, 4.69) is 40.7 Å². The third kappa shape index (κ3) is 3.16. The van der Waals surface area contributed by atoms with E-state index in [0.29, 0.717) is 0 Å². The number of carbonyl (C=O) groups is 1. The lowest BCUT2D eigenvalue weighted by Gasteiger charge is -2.58. The van der Waals surface area contributed by atoms with Gasteiger partial charge in [-0.05, 0) is 25.2 Å². The van der Waals surface area contributed by atoms with Gasteiger partial charge in [-0.1, -0.05) is 39.3 Å². The molecule has 1 atom stereocenters. The van der Waals surface area contributed by atoms with E-state index < -0.39 is 5.79 Å². The lowest BCUT2D eigenvalue weighted by molar-refractivity contribution is -0.319. The first-order valence-corrected chi connectivity index (χ1v) is 9.64. The van der Waals surface area contributed by atoms with Gasteiger partial charge in [0, 0.05) is 37.0 Å². The Morgan fingerprint density at radius 2 is 1.64 bits per heavy atom. The molecule has 0 aromatic carbocycles. The smallest absolute Gasteiger partial charge is 0.302 e. The molecule has 2 aliphatic carbocycles. The second-order valence-corrected chi connectivity index (χ2v) is 9.68. The van der Waals surface area contributed by atoms with Gasteiger partial charge < -0.3 is 14.2 Å². The zero-order valence-electron chi connectivity index (χ0n) is 16.7. The highest BCUT2D eigenvalue weighted by molar-refractivity contribution is 5.66. The predicted molar refractivity (Wildman–Crippen MR) is 97.0 cm³/mol. The molecule has 0 N–H and O–H groups in total. The Hall–Kier alpha value is -0.870. The third-order valence-corrected chi connectivity index (χ3v) is 7.06. The first kappa shape index (κ1) is 18.9. The number of hydrogen-bond acceptors (Lipinski definition) is 4. The summed E-state index contributed by atoms with van der Waals surface area (Å²) in [6.45, 7) is 14.2. The average Bonchev–Trinajstić information content (AvgIpc) is 2.53. The third-order valence-electron chi connectivity index (χ3n) is 7.06. The molecule has 2 fully saturated rings. The quantitative estimate of drug-likeness (QED) is 0.511. The van der Waals surface area contributed by atoms with Crippen LogP contribution in [-0.2, 0) is 19.0 Å². The maximum atomic E-state index is 11.6. The largest absolute Gasteiger partial charge is 0.462 e. The molecule has 1 aliphatic heterocycles. The molecule has 0 radical (unpaired) electrons. The number of rotatable bonds is 1. The molecule has 3 aliphatic rings. The van der Waals surface area contributed by atoms with Crippen LogP contribution in [0, 0.1) is 16.2 Å². The summed E-state index contributed by atoms with van der Waals surface area (Å²) in [5.74, 6) is -0.597. The van der Waals surface area contributed by atoms with E-state index in [4.69, 9.17) is 14.2 Å². The first-order chi connectivity index (χ1) is 11.5. The van der Waals surface area contributed by atoms with Crippen LogP contribution in [0.25, 0.3) is 0 Å². The predicted octanol–water partition coefficient (Wildman–Crippen LogP) is 4.62. The molecular formula is C21H34O4. The Labute approximate surface area is 152 Å². The summed E-state index contributed by atoms with van der Waals surface area (Å²) < 4.78 is 18.1. The minimum Gasteiger partial charge on any atom is -0.462 e. The van der Waals surface area contributed by atoms with Crippen molar-refractivity contribution in [3.8, 4) is 0 Å². The lowest BCUT2D eigenvalue weighted by Crippen LogP contribution is -2.57. The summed E-state index contributed by atoms with van der Waals surface area (Å²) >= 11 is 0. The van der Waals surface area contributed by atoms with Crippen molar-refractivity contribution in [2.75, 3.05) is 13.2 Å². The maximum absolute atomic E-state index is 11.6. The molecule has 142 valence electrons. The van der Waals surface area contributed by atoms with Gasteiger partial charge in [-0.25, -0.2) is 0 Å². The van der Waals surface area contributed by atoms with E-state index in [-0.39, 0.29) is 28.3 Å². The van der Waals surface area contributed by atoms with Gasteiger partial charge in [-0.3, -0.25) is 4.79 Å². The molecule has 0 amide bonds. The van der Waals surface area contributed by atoms with Gasteiger partial charge in [0.1, 0.15) is 6.10 Å². The van der Waals surface area contributed by atoms with Crippen LogP contribution in [0.4, 0.5) is 0 Å². The number of allylic oxidation sites excluding steroid dienone is 1. The van der Waals surface area contributed by atoms with E-state index in [1.54, 1.807) is 0 Å². The van der Waals surface area contributed by atoms with Crippen LogP contribution in [-0.4, -0.2) is 31.1 Å². The summed E-state index contributed by atoms with van der Waals surface area (Å²) in [7, 11) is 0. The Balaban J connectivity index is 1.79. The van der Waals surface area contributed by atoms with Crippen LogP contribution in [0.2, 0.25) is 0 Å². The molecule has 1 heterocycles. The number of hydrogen-bond donors (Lipinski definition) is 0. The van der Waals surface area contributed by atoms with Crippen molar-refractivity contribution in [1.29, 1.82) is 0 Å². The highest BCUT2D eigenvalue weighted by Gasteiger charge is 2.58. The summed E-state index contributed by atoms with van der Waals surface area (Å²) in [6, 6.07) is 0. The van der Waals surface area contributed by atoms with Gasteiger partial charge in [0.2, 0.25) is 0 Å². The first-order valence-electron chi connectivity index (χ1n) is 9.64. The highest BCUT2D eigenvalue weighted by atomic mass is 16.7. The van der Waals surface area contributed by atoms with E-state index in [1.807, 2.05) is 0 Å². The number of carbonyl (C=O) groups excluding carboxylic acids is 1. The molecule has 1 saturated heterocycles. The number of esters is 1. The minimum atomic E-state index is -0.411. The van der Waals surface area contributed by atoms with Crippen molar-refractivity contribution in [3.05, 3.63) is 11.6 Å². The van der Waals surface area contributed by atoms with Gasteiger partial charge >= 0.3 is 5.97 Å². The van der Waals surface area contributed by atoms with Crippen molar-refractivity contribution in [2.45, 2.75) is 85.5 Å². The normalized spacial score (nSPS) is 32.2. The highest BCUT2D eigenvalue weighted by Crippen LogP contribution is 2.61. The summed E-state index contributed by atoms with van der Waals surface area (Å²) in [5, 5.41) is 0. The molecule has 0 aromatic rings. The molecule has 25 heavy (non-hydrogen) atoms. The van der Waals surface area contributed by atoms with Gasteiger partial charge in [0.05, 0.1) is 13.2 Å². The van der Waals surface area contributed by atoms with Crippen molar-refractivity contribution < 1.29 is 19.0 Å². The fourth-order valence-electron chi connectivity index (χ4n) is 5.11. The zero-order valence-corrected chi connectivity index (χ0v) is 16.7. The van der Waals surface area contributed by atoms with Crippen molar-refractivity contribution in [1.82, 2.24) is 0 Å². The van der Waals surface area contributed by atoms with Gasteiger partial charge in [0.25, 0.3) is 0 Å². The minimum absolute atomic E-state index is 0.0519. The summed E-state index contributed by atoms with van der Waals surface area (Å²) in [5.41, 5.74) is 1.50. The Morgan fingerprint density at radius 1 is 1.08 bits per heavy atom. The van der Waals surface area contributed by atoms with E-state index in [1.165, 1.54) is 12.5 Å². The van der Waals surface area contributed by atoms with E-state index in [0.717, 1.165) is 45.3 Å². The Bertz CT molecular complexity index is 552. The zero-order chi connectivity index (χ0) is 18.5. The van der Waals surface area contributed by atoms with Crippen molar-refractivity contribution >= 4 is 5.97 Å². The maximum Gasteiger partial charge on any atom is 0.302 e. The Kier molecular flexibility index (Phi) is 4.61. The fraction of sp³-hybridized carbons (Fsp3) is 0.857. The van der Waals surface area contributed by atoms with Gasteiger partial charge in [-0.2, -0.15) is 0 Å². The number of ether oxygens (including phenoxy) is 3. The van der Waals surface area contributed by atoms with E-state index in [9.17, 15) is 4.79 Å². The van der Waals surface area contributed by atoms with Crippen LogP contribution in [0.15, 0.2) is 11.6 Å². The molecule has 1 saturated carbocycles. The van der Waals surface area contributed by atoms with Crippen LogP contribution in [0.1, 0.15) is 73.6 Å². The van der Waals surface area contributed by atoms with Crippen molar-refractivity contribution in [3.63, 3.8) is 0 Å². The molecule has 4 nitrogen and oxygen atoms in total. The molecule has 3 rings (SSSR count). The summed E-state index contributed by atoms with van der Waals surface area (Å²) in [6.07, 6.45) is 6.88. The molecule has 2 spiro atoms. The van der Waals surface area contributed by atoms with Crippen LogP contribution in [0.5, 0.6) is 0 Å². The lowest BCUT2D eigenvalue weighted by atomic mass is 9.50. The standard InChI is InChI=1S/C21H34O4/c1-15-7-8-17(25-16(2)22)19(5,6)20(15)9-11-21(12-10-20)23-13-18(3,4)14-24-21/h7,17H,8-14H2,1-6H3. The molecule has 0 aromatic heterocycles. The molecule has 4 heteroatoms. The monoisotopic (exact) mass is 350 g/mol. The second-order valence-electron chi connectivity index (χ2n) is 9.68. The van der Waals surface area contributed by atoms with Crippen LogP contribution >= 0.6 is 0 Å². The van der Waals surface area contributed by atoms with Gasteiger partial charge in [0.15, 0.2) is 5.79 Å². The van der Waals surface area contributed by atoms with Crippen LogP contribution in [0.3, 0.4) is 0 Å². The molecule has 0 bridgehead atoms. The SMILES string of the molecule is CC(=O)OC1CC=C(C)C2(CCC3(CC2)OCC(C)(C)CO3)C1(C)C. The average molecular weight is 350 g/mol. The fourth-order valence-corrected chi connectivity index (χ4v) is 5.11. The van der Waals surface area contributed by atoms with Crippen molar-refractivity contribution in [2.24, 2.45) is 16.2 Å². The van der Waals surface area contributed by atoms with Crippen LogP contribution < -0.4 is 0 Å². The van der Waals surface area contributed by atoms with E-state index >= 15 is 0 Å². The van der Waals surface area contributed by atoms with Gasteiger partial charge in [-0.15, -0.1) is 0 Å². The molecular weight excluding hydrogens is 316 g/mol. The molecule has 1 unspecified atom stereocenters. The topological polar surface area (TPSA) is 44.8 Å². The summed E-state index contributed by atoms with van der Waals surface area (Å²) in [4.78, 5) is 11.6.